The van der Waals surface area contributed by atoms with Gasteiger partial charge in [0, 0.05) is 23.1 Å². The van der Waals surface area contributed by atoms with Crippen molar-refractivity contribution in [2.24, 2.45) is 11.7 Å². The molecule has 1 aliphatic rings. The van der Waals surface area contributed by atoms with Crippen LogP contribution in [0.15, 0.2) is 101 Å². The van der Waals surface area contributed by atoms with Crippen LogP contribution in [-0.4, -0.2) is 11.1 Å². The van der Waals surface area contributed by atoms with Crippen molar-refractivity contribution in [3.63, 3.8) is 0 Å². The summed E-state index contributed by atoms with van der Waals surface area (Å²) in [5.74, 6) is -0.0762. The molecule has 0 spiro atoms. The van der Waals surface area contributed by atoms with Crippen LogP contribution < -0.4 is 5.73 Å². The highest BCUT2D eigenvalue weighted by atomic mass is 16.5. The van der Waals surface area contributed by atoms with Crippen LogP contribution in [0.4, 0.5) is 0 Å². The van der Waals surface area contributed by atoms with Crippen LogP contribution in [0.5, 0.6) is 0 Å². The average Bonchev–Trinajstić information content (AvgIpc) is 3.31. The first-order valence-corrected chi connectivity index (χ1v) is 12.2. The highest BCUT2D eigenvalue weighted by Crippen LogP contribution is 2.38. The van der Waals surface area contributed by atoms with E-state index in [9.17, 15) is 9.90 Å². The summed E-state index contributed by atoms with van der Waals surface area (Å²) < 4.78 is 12.3. The zero-order valence-corrected chi connectivity index (χ0v) is 20.2. The number of allylic oxidation sites excluding steroid dienone is 2. The molecule has 5 heteroatoms. The zero-order chi connectivity index (χ0) is 25.1. The fourth-order valence-corrected chi connectivity index (χ4v) is 4.77. The van der Waals surface area contributed by atoms with Crippen LogP contribution in [0.1, 0.15) is 30.9 Å². The second-order valence-corrected chi connectivity index (χ2v) is 9.22. The topological polar surface area (TPSA) is 85.7 Å². The lowest BCUT2D eigenvalue weighted by molar-refractivity contribution is -0.136. The molecule has 182 valence electrons. The molecule has 3 aromatic carbocycles. The van der Waals surface area contributed by atoms with E-state index in [0.717, 1.165) is 56.3 Å². The number of carboxylic acids is 1. The maximum atomic E-state index is 11.4. The standard InChI is InChI=1S/C31H29NO4/c1-20-7-5-12-29(26(20)16-30(33)34)35-18-25-19-36-31-27(22-9-3-2-4-10-22)14-24(15-28(25)31)23-11-6-8-21(13-23)17-32/h2-6,8-15,19-20H,7,16-18,32H2,1H3,(H,33,34). The number of aliphatic carboxylic acids is 1. The Labute approximate surface area is 210 Å². The molecule has 0 fully saturated rings. The van der Waals surface area contributed by atoms with E-state index in [1.165, 1.54) is 0 Å². The van der Waals surface area contributed by atoms with Crippen molar-refractivity contribution in [2.75, 3.05) is 0 Å². The van der Waals surface area contributed by atoms with Gasteiger partial charge in [-0.1, -0.05) is 61.5 Å². The molecule has 1 atom stereocenters. The first-order chi connectivity index (χ1) is 17.5. The van der Waals surface area contributed by atoms with E-state index in [1.807, 2.05) is 49.4 Å². The summed E-state index contributed by atoms with van der Waals surface area (Å²) in [6.45, 7) is 2.79. The molecular weight excluding hydrogens is 450 g/mol. The number of fused-ring (bicyclic) bond motifs is 1. The highest BCUT2D eigenvalue weighted by molar-refractivity contribution is 5.98. The number of nitrogens with two attached hydrogens (primary N) is 1. The summed E-state index contributed by atoms with van der Waals surface area (Å²) in [7, 11) is 0. The second-order valence-electron chi connectivity index (χ2n) is 9.22. The molecule has 0 radical (unpaired) electrons. The molecule has 0 aliphatic heterocycles. The van der Waals surface area contributed by atoms with Gasteiger partial charge in [-0.15, -0.1) is 0 Å². The lowest BCUT2D eigenvalue weighted by atomic mass is 9.90. The van der Waals surface area contributed by atoms with E-state index in [1.54, 1.807) is 6.26 Å². The Balaban J connectivity index is 1.58. The summed E-state index contributed by atoms with van der Waals surface area (Å²) in [4.78, 5) is 11.4. The minimum absolute atomic E-state index is 0.0211. The Morgan fingerprint density at radius 3 is 2.64 bits per heavy atom. The SMILES string of the molecule is CC1CC=CC(OCc2coc3c(-c4ccccc4)cc(-c4cccc(CN)c4)cc23)=C1CC(=O)O. The van der Waals surface area contributed by atoms with Crippen molar-refractivity contribution in [2.45, 2.75) is 32.9 Å². The number of benzene rings is 3. The van der Waals surface area contributed by atoms with Gasteiger partial charge in [0.15, 0.2) is 0 Å². The lowest BCUT2D eigenvalue weighted by Gasteiger charge is -2.21. The quantitative estimate of drug-likeness (QED) is 0.282. The van der Waals surface area contributed by atoms with Crippen molar-refractivity contribution in [3.8, 4) is 22.3 Å². The molecule has 0 saturated heterocycles. The fourth-order valence-electron chi connectivity index (χ4n) is 4.77. The van der Waals surface area contributed by atoms with Gasteiger partial charge in [-0.25, -0.2) is 0 Å². The Hall–Kier alpha value is -4.09. The monoisotopic (exact) mass is 479 g/mol. The largest absolute Gasteiger partial charge is 0.489 e. The van der Waals surface area contributed by atoms with Crippen LogP contribution >= 0.6 is 0 Å². The van der Waals surface area contributed by atoms with Gasteiger partial charge in [-0.05, 0) is 64.4 Å². The van der Waals surface area contributed by atoms with Gasteiger partial charge in [0.1, 0.15) is 17.9 Å². The average molecular weight is 480 g/mol. The molecule has 1 aromatic heterocycles. The van der Waals surface area contributed by atoms with Crippen molar-refractivity contribution in [3.05, 3.63) is 108 Å². The van der Waals surface area contributed by atoms with E-state index in [4.69, 9.17) is 14.9 Å². The first-order valence-electron chi connectivity index (χ1n) is 12.2. The number of hydrogen-bond donors (Lipinski definition) is 2. The predicted molar refractivity (Wildman–Crippen MR) is 142 cm³/mol. The minimum atomic E-state index is -0.848. The van der Waals surface area contributed by atoms with Gasteiger partial charge in [-0.2, -0.15) is 0 Å². The lowest BCUT2D eigenvalue weighted by Crippen LogP contribution is -2.12. The molecule has 36 heavy (non-hydrogen) atoms. The van der Waals surface area contributed by atoms with Crippen LogP contribution in [-0.2, 0) is 22.7 Å². The van der Waals surface area contributed by atoms with Crippen molar-refractivity contribution < 1.29 is 19.1 Å². The normalized spacial score (nSPS) is 15.4. The van der Waals surface area contributed by atoms with Crippen LogP contribution in [0.3, 0.4) is 0 Å². The van der Waals surface area contributed by atoms with Crippen LogP contribution in [0.25, 0.3) is 33.2 Å². The van der Waals surface area contributed by atoms with E-state index < -0.39 is 5.97 Å². The van der Waals surface area contributed by atoms with Crippen LogP contribution in [0, 0.1) is 5.92 Å². The molecular formula is C31H29NO4. The number of furan rings is 1. The third-order valence-electron chi connectivity index (χ3n) is 6.73. The number of carboxylic acid groups (broad SMARTS) is 1. The van der Waals surface area contributed by atoms with Gasteiger partial charge in [0.05, 0.1) is 12.7 Å². The molecule has 4 aromatic rings. The van der Waals surface area contributed by atoms with Crippen LogP contribution in [0.2, 0.25) is 0 Å². The Morgan fingerprint density at radius 1 is 1.06 bits per heavy atom. The van der Waals surface area contributed by atoms with E-state index in [-0.39, 0.29) is 18.9 Å². The van der Waals surface area contributed by atoms with Gasteiger partial charge < -0.3 is 20.0 Å². The first kappa shape index (κ1) is 23.6. The number of hydrogen-bond acceptors (Lipinski definition) is 4. The van der Waals surface area contributed by atoms with E-state index in [2.05, 4.69) is 36.4 Å². The minimum Gasteiger partial charge on any atom is -0.489 e. The van der Waals surface area contributed by atoms with Gasteiger partial charge >= 0.3 is 5.97 Å². The van der Waals surface area contributed by atoms with Gasteiger partial charge in [0.2, 0.25) is 0 Å². The molecule has 1 aliphatic carbocycles. The highest BCUT2D eigenvalue weighted by Gasteiger charge is 2.21. The molecule has 1 heterocycles. The smallest absolute Gasteiger partial charge is 0.307 e. The molecule has 5 nitrogen and oxygen atoms in total. The fraction of sp³-hybridized carbons (Fsp3) is 0.194. The Bertz CT molecular complexity index is 1460. The van der Waals surface area contributed by atoms with Crippen molar-refractivity contribution in [1.29, 1.82) is 0 Å². The molecule has 1 unspecified atom stereocenters. The molecule has 3 N–H and O–H groups in total. The maximum Gasteiger partial charge on any atom is 0.307 e. The summed E-state index contributed by atoms with van der Waals surface area (Å²) in [5, 5.41) is 10.3. The molecule has 5 rings (SSSR count). The zero-order valence-electron chi connectivity index (χ0n) is 20.2. The van der Waals surface area contributed by atoms with E-state index in [0.29, 0.717) is 12.3 Å². The van der Waals surface area contributed by atoms with Crippen molar-refractivity contribution in [1.82, 2.24) is 0 Å². The third-order valence-corrected chi connectivity index (χ3v) is 6.73. The number of ether oxygens (including phenoxy) is 1. The van der Waals surface area contributed by atoms with Gasteiger partial charge in [-0.3, -0.25) is 4.79 Å². The Kier molecular flexibility index (Phi) is 6.74. The summed E-state index contributed by atoms with van der Waals surface area (Å²) in [6.07, 6.45) is 6.46. The third kappa shape index (κ3) is 4.83. The summed E-state index contributed by atoms with van der Waals surface area (Å²) >= 11 is 0. The summed E-state index contributed by atoms with van der Waals surface area (Å²) in [6, 6.07) is 22.7. The number of carbonyl (C=O) groups is 1. The van der Waals surface area contributed by atoms with E-state index >= 15 is 0 Å². The predicted octanol–water partition coefficient (Wildman–Crippen LogP) is 7.07. The molecule has 0 bridgehead atoms. The Morgan fingerprint density at radius 2 is 1.86 bits per heavy atom. The molecule has 0 amide bonds. The number of rotatable bonds is 8. The van der Waals surface area contributed by atoms with Crippen molar-refractivity contribution >= 4 is 16.9 Å². The van der Waals surface area contributed by atoms with Gasteiger partial charge in [0.25, 0.3) is 0 Å². The summed E-state index contributed by atoms with van der Waals surface area (Å²) in [5.41, 5.74) is 13.7. The maximum absolute atomic E-state index is 11.4. The molecule has 0 saturated carbocycles. The second kappa shape index (κ2) is 10.3.